The first-order valence-electron chi connectivity index (χ1n) is 4.25. The van der Waals surface area contributed by atoms with Gasteiger partial charge >= 0.3 is 5.97 Å². The molecule has 13 heavy (non-hydrogen) atoms. The van der Waals surface area contributed by atoms with Crippen LogP contribution in [0.1, 0.15) is 6.42 Å². The van der Waals surface area contributed by atoms with Crippen LogP contribution in [0.4, 0.5) is 0 Å². The van der Waals surface area contributed by atoms with E-state index in [1.807, 2.05) is 12.2 Å². The van der Waals surface area contributed by atoms with E-state index in [1.165, 1.54) is 0 Å². The topological polar surface area (TPSA) is 54.4 Å². The first-order chi connectivity index (χ1) is 6.11. The average Bonchev–Trinajstić information content (AvgIpc) is 2.60. The van der Waals surface area contributed by atoms with Gasteiger partial charge in [-0.15, -0.1) is 12.6 Å². The second kappa shape index (κ2) is 2.87. The van der Waals surface area contributed by atoms with E-state index in [1.54, 1.807) is 0 Å². The minimum atomic E-state index is -0.871. The summed E-state index contributed by atoms with van der Waals surface area (Å²) in [5.41, 5.74) is 0. The molecule has 70 valence electrons. The maximum Gasteiger partial charge on any atom is 0.307 e. The van der Waals surface area contributed by atoms with Gasteiger partial charge in [0.15, 0.2) is 5.12 Å². The van der Waals surface area contributed by atoms with Crippen LogP contribution in [0.25, 0.3) is 0 Å². The Morgan fingerprint density at radius 1 is 1.23 bits per heavy atom. The number of allylic oxidation sites excluding steroid dienone is 2. The molecule has 1 fully saturated rings. The third kappa shape index (κ3) is 1.20. The van der Waals surface area contributed by atoms with Crippen LogP contribution in [0, 0.1) is 23.7 Å². The number of carboxylic acids is 1. The van der Waals surface area contributed by atoms with E-state index < -0.39 is 17.8 Å². The minimum Gasteiger partial charge on any atom is -0.481 e. The number of carboxylic acid groups (broad SMARTS) is 1. The van der Waals surface area contributed by atoms with E-state index in [-0.39, 0.29) is 17.0 Å². The maximum absolute atomic E-state index is 11.1. The lowest BCUT2D eigenvalue weighted by atomic mass is 9.84. The van der Waals surface area contributed by atoms with Gasteiger partial charge in [0.25, 0.3) is 0 Å². The summed E-state index contributed by atoms with van der Waals surface area (Å²) in [6.45, 7) is 0. The van der Waals surface area contributed by atoms with Crippen molar-refractivity contribution in [3.05, 3.63) is 12.2 Å². The average molecular weight is 198 g/mol. The number of aliphatic carboxylic acids is 1. The number of thiol groups is 1. The highest BCUT2D eigenvalue weighted by Gasteiger charge is 2.50. The molecule has 0 aliphatic heterocycles. The van der Waals surface area contributed by atoms with E-state index in [0.29, 0.717) is 0 Å². The van der Waals surface area contributed by atoms with Crippen molar-refractivity contribution in [3.8, 4) is 0 Å². The fourth-order valence-corrected chi connectivity index (χ4v) is 2.85. The number of hydrogen-bond acceptors (Lipinski definition) is 2. The van der Waals surface area contributed by atoms with Crippen molar-refractivity contribution in [1.29, 1.82) is 0 Å². The van der Waals surface area contributed by atoms with Crippen molar-refractivity contribution >= 4 is 23.7 Å². The molecule has 0 aromatic carbocycles. The highest BCUT2D eigenvalue weighted by atomic mass is 32.1. The van der Waals surface area contributed by atoms with Crippen molar-refractivity contribution in [1.82, 2.24) is 0 Å². The van der Waals surface area contributed by atoms with Gasteiger partial charge in [-0.05, 0) is 18.3 Å². The Labute approximate surface area is 81.2 Å². The first kappa shape index (κ1) is 8.81. The number of hydrogen-bond donors (Lipinski definition) is 2. The van der Waals surface area contributed by atoms with Crippen molar-refractivity contribution in [2.24, 2.45) is 23.7 Å². The Morgan fingerprint density at radius 2 is 1.77 bits per heavy atom. The molecule has 1 saturated carbocycles. The molecule has 0 spiro atoms. The van der Waals surface area contributed by atoms with E-state index >= 15 is 0 Å². The third-order valence-corrected chi connectivity index (χ3v) is 3.33. The van der Waals surface area contributed by atoms with Crippen LogP contribution >= 0.6 is 12.6 Å². The van der Waals surface area contributed by atoms with Crippen molar-refractivity contribution in [2.45, 2.75) is 6.42 Å². The zero-order valence-electron chi connectivity index (χ0n) is 6.88. The normalized spacial score (nSPS) is 41.0. The van der Waals surface area contributed by atoms with Crippen molar-refractivity contribution in [2.75, 3.05) is 0 Å². The molecule has 2 bridgehead atoms. The number of carbonyl (C=O) groups is 2. The second-order valence-corrected chi connectivity index (χ2v) is 4.12. The summed E-state index contributed by atoms with van der Waals surface area (Å²) in [4.78, 5) is 22.0. The molecule has 2 aliphatic carbocycles. The smallest absolute Gasteiger partial charge is 0.307 e. The summed E-state index contributed by atoms with van der Waals surface area (Å²) in [5, 5.41) is 8.65. The lowest BCUT2D eigenvalue weighted by Crippen LogP contribution is -2.30. The van der Waals surface area contributed by atoms with Gasteiger partial charge in [0, 0.05) is 5.92 Å². The van der Waals surface area contributed by atoms with E-state index in [4.69, 9.17) is 5.11 Å². The number of rotatable bonds is 2. The molecule has 4 atom stereocenters. The largest absolute Gasteiger partial charge is 0.481 e. The monoisotopic (exact) mass is 198 g/mol. The molecule has 2 aliphatic rings. The molecule has 1 N–H and O–H groups in total. The second-order valence-electron chi connectivity index (χ2n) is 3.68. The van der Waals surface area contributed by atoms with Crippen LogP contribution in [0.15, 0.2) is 12.2 Å². The fraction of sp³-hybridized carbons (Fsp3) is 0.556. The van der Waals surface area contributed by atoms with Gasteiger partial charge in [0.05, 0.1) is 5.92 Å². The lowest BCUT2D eigenvalue weighted by Gasteiger charge is -2.21. The van der Waals surface area contributed by atoms with Gasteiger partial charge in [-0.25, -0.2) is 0 Å². The molecule has 3 nitrogen and oxygen atoms in total. The molecular weight excluding hydrogens is 188 g/mol. The summed E-state index contributed by atoms with van der Waals surface area (Å²) < 4.78 is 0. The number of carbonyl (C=O) groups excluding carboxylic acids is 1. The summed E-state index contributed by atoms with van der Waals surface area (Å²) >= 11 is 3.74. The molecule has 0 radical (unpaired) electrons. The van der Waals surface area contributed by atoms with Crippen LogP contribution in [-0.4, -0.2) is 16.2 Å². The summed E-state index contributed by atoms with van der Waals surface area (Å²) in [6.07, 6.45) is 4.66. The highest BCUT2D eigenvalue weighted by Crippen LogP contribution is 2.48. The number of fused-ring (bicyclic) bond motifs is 2. The molecule has 0 heterocycles. The van der Waals surface area contributed by atoms with Crippen LogP contribution in [0.3, 0.4) is 0 Å². The molecule has 2 rings (SSSR count). The maximum atomic E-state index is 11.1. The molecule has 0 saturated heterocycles. The molecule has 0 aromatic heterocycles. The third-order valence-electron chi connectivity index (χ3n) is 3.03. The van der Waals surface area contributed by atoms with Crippen LogP contribution < -0.4 is 0 Å². The summed E-state index contributed by atoms with van der Waals surface area (Å²) in [5.74, 6) is -1.67. The van der Waals surface area contributed by atoms with Gasteiger partial charge in [-0.3, -0.25) is 9.59 Å². The Bertz CT molecular complexity index is 269. The van der Waals surface area contributed by atoms with Crippen molar-refractivity contribution < 1.29 is 14.7 Å². The fourth-order valence-electron chi connectivity index (χ4n) is 2.50. The SMILES string of the molecule is O=C(S)[C@@H]1[C@H](C(=O)O)[C@@H]2C=C[C@@H]1C2. The standard InChI is InChI=1S/C9H10O3S/c10-8(11)6-4-1-2-5(3-4)7(6)9(12)13/h1-2,4-7H,3H2,(H,10,11)(H,12,13)/t4-,5-,6-,7+/m1/s1. The Kier molecular flexibility index (Phi) is 1.95. The molecule has 0 aromatic rings. The molecule has 0 amide bonds. The van der Waals surface area contributed by atoms with Crippen molar-refractivity contribution in [3.63, 3.8) is 0 Å². The van der Waals surface area contributed by atoms with Crippen LogP contribution in [0.5, 0.6) is 0 Å². The first-order valence-corrected chi connectivity index (χ1v) is 4.70. The Balaban J connectivity index is 2.30. The molecular formula is C9H10O3S. The summed E-state index contributed by atoms with van der Waals surface area (Å²) in [7, 11) is 0. The molecule has 4 heteroatoms. The van der Waals surface area contributed by atoms with Gasteiger partial charge in [0.1, 0.15) is 0 Å². The van der Waals surface area contributed by atoms with E-state index in [9.17, 15) is 9.59 Å². The van der Waals surface area contributed by atoms with Crippen LogP contribution in [0.2, 0.25) is 0 Å². The zero-order valence-corrected chi connectivity index (χ0v) is 7.78. The van der Waals surface area contributed by atoms with Gasteiger partial charge < -0.3 is 5.11 Å². The zero-order chi connectivity index (χ0) is 9.59. The van der Waals surface area contributed by atoms with E-state index in [0.717, 1.165) is 6.42 Å². The highest BCUT2D eigenvalue weighted by molar-refractivity contribution is 7.96. The quantitative estimate of drug-likeness (QED) is 0.513. The Hall–Kier alpha value is -0.770. The molecule has 0 unspecified atom stereocenters. The van der Waals surface area contributed by atoms with Gasteiger partial charge in [0.2, 0.25) is 0 Å². The van der Waals surface area contributed by atoms with Gasteiger partial charge in [-0.2, -0.15) is 0 Å². The summed E-state index contributed by atoms with van der Waals surface area (Å²) in [6, 6.07) is 0. The van der Waals surface area contributed by atoms with Crippen LogP contribution in [-0.2, 0) is 9.59 Å². The predicted molar refractivity (Wildman–Crippen MR) is 49.3 cm³/mol. The Morgan fingerprint density at radius 3 is 2.15 bits per heavy atom. The minimum absolute atomic E-state index is 0.0450. The lowest BCUT2D eigenvalue weighted by molar-refractivity contribution is -0.146. The van der Waals surface area contributed by atoms with E-state index in [2.05, 4.69) is 12.6 Å². The predicted octanol–water partition coefficient (Wildman–Crippen LogP) is 0.966. The van der Waals surface area contributed by atoms with Gasteiger partial charge in [-0.1, -0.05) is 12.2 Å².